The Kier molecular flexibility index (Phi) is 5.41. The van der Waals surface area contributed by atoms with Gasteiger partial charge in [-0.05, 0) is 56.6 Å². The molecule has 0 nitrogen and oxygen atoms in total. The average Bonchev–Trinajstić information content (AvgIpc) is 2.88. The Morgan fingerprint density at radius 3 is 1.35 bits per heavy atom. The predicted molar refractivity (Wildman–Crippen MR) is 155 cm³/mol. The Balaban J connectivity index is 1.78. The van der Waals surface area contributed by atoms with Gasteiger partial charge in [0.2, 0.25) is 0 Å². The quantitative estimate of drug-likeness (QED) is 0.260. The van der Waals surface area contributed by atoms with Gasteiger partial charge in [-0.2, -0.15) is 0 Å². The molecule has 4 unspecified atom stereocenters. The van der Waals surface area contributed by atoms with E-state index in [1.807, 2.05) is 0 Å². The zero-order valence-corrected chi connectivity index (χ0v) is 21.4. The highest BCUT2D eigenvalue weighted by Crippen LogP contribution is 2.52. The number of rotatable bonds is 3. The molecule has 0 saturated carbocycles. The largest absolute Gasteiger partial charge is 0.122 e. The fraction of sp³-hybridized carbons (Fsp3) is 0.125. The third kappa shape index (κ3) is 3.53. The van der Waals surface area contributed by atoms with Crippen molar-refractivity contribution in [2.75, 3.05) is 0 Å². The van der Waals surface area contributed by atoms with Crippen molar-refractivity contribution >= 4 is 40.0 Å². The molecule has 0 N–H and O–H groups in total. The van der Waals surface area contributed by atoms with Crippen LogP contribution >= 0.6 is 18.5 Å². The van der Waals surface area contributed by atoms with Gasteiger partial charge < -0.3 is 0 Å². The molecule has 4 atom stereocenters. The summed E-state index contributed by atoms with van der Waals surface area (Å²) in [5.41, 5.74) is 5.42. The lowest BCUT2D eigenvalue weighted by Crippen LogP contribution is -2.20. The molecular weight excluding hydrogens is 446 g/mol. The Morgan fingerprint density at radius 2 is 0.941 bits per heavy atom. The number of hydrogen-bond acceptors (Lipinski definition) is 0. The van der Waals surface area contributed by atoms with E-state index in [1.165, 1.54) is 43.8 Å². The number of allylic oxidation sites excluding steroid dienone is 8. The summed E-state index contributed by atoms with van der Waals surface area (Å²) in [7, 11) is 6.35. The highest BCUT2D eigenvalue weighted by atomic mass is 31.0. The van der Waals surface area contributed by atoms with Crippen LogP contribution in [0.2, 0.25) is 0 Å². The van der Waals surface area contributed by atoms with E-state index < -0.39 is 0 Å². The van der Waals surface area contributed by atoms with Crippen LogP contribution < -0.4 is 0 Å². The van der Waals surface area contributed by atoms with Gasteiger partial charge >= 0.3 is 0 Å². The van der Waals surface area contributed by atoms with E-state index in [4.69, 9.17) is 0 Å². The topological polar surface area (TPSA) is 0 Å². The summed E-state index contributed by atoms with van der Waals surface area (Å²) < 4.78 is 0. The molecular formula is C32H28P2. The molecule has 0 heterocycles. The Morgan fingerprint density at radius 1 is 0.500 bits per heavy atom. The van der Waals surface area contributed by atoms with Crippen molar-refractivity contribution in [3.63, 3.8) is 0 Å². The molecule has 0 spiro atoms. The number of hydrogen-bond donors (Lipinski definition) is 0. The van der Waals surface area contributed by atoms with Crippen LogP contribution in [0.3, 0.4) is 0 Å². The molecule has 0 fully saturated rings. The van der Waals surface area contributed by atoms with Gasteiger partial charge in [0.05, 0.1) is 0 Å². The molecule has 4 aromatic rings. The van der Waals surface area contributed by atoms with E-state index in [0.29, 0.717) is 0 Å². The minimum Gasteiger partial charge on any atom is -0.122 e. The van der Waals surface area contributed by atoms with Crippen molar-refractivity contribution in [3.05, 3.63) is 133 Å². The standard InChI is InChI=1S/C32H28P2/c33-31(19-7-1-8-20-31)27-17-15-23-11-3-5-13-25(23)29(27)30-26-14-6-4-12-24(26)16-18-28(30)32(34)21-9-2-10-22-32/h1-19,21H,20,22,33-34H2. The Hall–Kier alpha value is -2.78. The Labute approximate surface area is 206 Å². The fourth-order valence-electron chi connectivity index (χ4n) is 5.53. The van der Waals surface area contributed by atoms with E-state index in [-0.39, 0.29) is 10.3 Å². The maximum Gasteiger partial charge on any atom is 0.0318 e. The van der Waals surface area contributed by atoms with Gasteiger partial charge in [-0.15, -0.1) is 18.5 Å². The molecule has 34 heavy (non-hydrogen) atoms. The SMILES string of the molecule is PC1(c2ccc3ccccc3c2-c2c(C3(P)C=CC=CC3)ccc3ccccc23)C=CC=CC1. The predicted octanol–water partition coefficient (Wildman–Crippen LogP) is 8.83. The van der Waals surface area contributed by atoms with Crippen LogP contribution in [0, 0.1) is 0 Å². The first-order valence-corrected chi connectivity index (χ1v) is 13.1. The summed E-state index contributed by atoms with van der Waals surface area (Å²) in [6.45, 7) is 0. The van der Waals surface area contributed by atoms with Crippen LogP contribution in [0.15, 0.2) is 121 Å². The van der Waals surface area contributed by atoms with Crippen molar-refractivity contribution in [2.45, 2.75) is 23.2 Å². The van der Waals surface area contributed by atoms with Gasteiger partial charge in [0, 0.05) is 10.3 Å². The van der Waals surface area contributed by atoms with Crippen LogP contribution in [-0.2, 0) is 10.3 Å². The summed E-state index contributed by atoms with van der Waals surface area (Å²) in [5, 5.41) is 4.90. The second-order valence-electron chi connectivity index (χ2n) is 9.48. The van der Waals surface area contributed by atoms with Crippen molar-refractivity contribution in [1.82, 2.24) is 0 Å². The van der Waals surface area contributed by atoms with Crippen LogP contribution in [0.1, 0.15) is 24.0 Å². The molecule has 2 aliphatic carbocycles. The zero-order valence-electron chi connectivity index (χ0n) is 19.1. The van der Waals surface area contributed by atoms with Gasteiger partial charge in [-0.3, -0.25) is 0 Å². The third-order valence-corrected chi connectivity index (χ3v) is 8.78. The molecule has 2 aliphatic rings. The first-order valence-electron chi connectivity index (χ1n) is 11.9. The monoisotopic (exact) mass is 474 g/mol. The van der Waals surface area contributed by atoms with Gasteiger partial charge in [0.15, 0.2) is 0 Å². The Bertz CT molecular complexity index is 1420. The van der Waals surface area contributed by atoms with E-state index >= 15 is 0 Å². The summed E-state index contributed by atoms with van der Waals surface area (Å²) in [4.78, 5) is 0. The number of fused-ring (bicyclic) bond motifs is 2. The second kappa shape index (κ2) is 8.46. The van der Waals surface area contributed by atoms with Crippen molar-refractivity contribution in [2.24, 2.45) is 0 Å². The normalized spacial score (nSPS) is 23.7. The maximum atomic E-state index is 3.17. The van der Waals surface area contributed by atoms with Crippen molar-refractivity contribution in [1.29, 1.82) is 0 Å². The maximum absolute atomic E-state index is 3.17. The summed E-state index contributed by atoms with van der Waals surface area (Å²) >= 11 is 0. The molecule has 0 aromatic heterocycles. The van der Waals surface area contributed by atoms with Gasteiger partial charge in [0.25, 0.3) is 0 Å². The van der Waals surface area contributed by atoms with Crippen molar-refractivity contribution < 1.29 is 0 Å². The first kappa shape index (κ1) is 21.7. The lowest BCUT2D eigenvalue weighted by Gasteiger charge is -2.34. The van der Waals surface area contributed by atoms with Crippen LogP contribution in [0.4, 0.5) is 0 Å². The van der Waals surface area contributed by atoms with E-state index in [1.54, 1.807) is 0 Å². The summed E-state index contributed by atoms with van der Waals surface area (Å²) in [5.74, 6) is 0. The van der Waals surface area contributed by atoms with Crippen LogP contribution in [0.5, 0.6) is 0 Å². The number of benzene rings is 4. The lowest BCUT2D eigenvalue weighted by molar-refractivity contribution is 0.774. The van der Waals surface area contributed by atoms with Gasteiger partial charge in [-0.25, -0.2) is 0 Å². The molecule has 0 saturated heterocycles. The third-order valence-electron chi connectivity index (χ3n) is 7.30. The molecule has 4 aromatic carbocycles. The minimum atomic E-state index is -0.140. The minimum absolute atomic E-state index is 0.140. The summed E-state index contributed by atoms with van der Waals surface area (Å²) in [6, 6.07) is 27.0. The molecule has 6 rings (SSSR count). The molecule has 0 amide bonds. The van der Waals surface area contributed by atoms with E-state index in [2.05, 4.69) is 140 Å². The highest BCUT2D eigenvalue weighted by Gasteiger charge is 2.33. The molecule has 166 valence electrons. The molecule has 0 bridgehead atoms. The molecule has 0 radical (unpaired) electrons. The molecule has 2 heteroatoms. The smallest absolute Gasteiger partial charge is 0.0318 e. The van der Waals surface area contributed by atoms with Crippen molar-refractivity contribution in [3.8, 4) is 11.1 Å². The van der Waals surface area contributed by atoms with E-state index in [9.17, 15) is 0 Å². The van der Waals surface area contributed by atoms with Crippen LogP contribution in [0.25, 0.3) is 32.7 Å². The van der Waals surface area contributed by atoms with Crippen LogP contribution in [-0.4, -0.2) is 0 Å². The second-order valence-corrected chi connectivity index (χ2v) is 11.5. The van der Waals surface area contributed by atoms with E-state index in [0.717, 1.165) is 12.8 Å². The average molecular weight is 475 g/mol. The zero-order chi connectivity index (χ0) is 23.2. The molecule has 0 aliphatic heterocycles. The fourth-order valence-corrected chi connectivity index (χ4v) is 6.51. The highest BCUT2D eigenvalue weighted by molar-refractivity contribution is 7.19. The summed E-state index contributed by atoms with van der Waals surface area (Å²) in [6.07, 6.45) is 19.9. The first-order chi connectivity index (χ1) is 16.6. The van der Waals surface area contributed by atoms with Gasteiger partial charge in [0.1, 0.15) is 0 Å². The lowest BCUT2D eigenvalue weighted by atomic mass is 9.77. The van der Waals surface area contributed by atoms with Gasteiger partial charge in [-0.1, -0.05) is 121 Å².